The number of anilines is 1. The molecule has 0 atom stereocenters. The summed E-state index contributed by atoms with van der Waals surface area (Å²) in [5.41, 5.74) is 0. The Hall–Kier alpha value is -2.11. The minimum absolute atomic E-state index is 0.0984. The van der Waals surface area contributed by atoms with Crippen LogP contribution in [0.3, 0.4) is 0 Å². The number of amides is 1. The Labute approximate surface area is 80.2 Å². The first-order valence-corrected chi connectivity index (χ1v) is 3.63. The Morgan fingerprint density at radius 3 is 2.29 bits per heavy atom. The first-order valence-electron chi connectivity index (χ1n) is 3.63. The van der Waals surface area contributed by atoms with E-state index in [9.17, 15) is 4.79 Å². The molecule has 0 fully saturated rings. The zero-order valence-corrected chi connectivity index (χ0v) is 7.47. The van der Waals surface area contributed by atoms with E-state index in [-0.39, 0.29) is 5.91 Å². The SMILES string of the molecule is CC(=O)Nc1ccccn1.O=C(O)O. The van der Waals surface area contributed by atoms with Crippen molar-refractivity contribution in [2.24, 2.45) is 0 Å². The molecule has 1 aromatic heterocycles. The number of carboxylic acid groups (broad SMARTS) is 2. The van der Waals surface area contributed by atoms with Crippen LogP contribution in [0.2, 0.25) is 0 Å². The molecule has 0 aromatic carbocycles. The van der Waals surface area contributed by atoms with Crippen LogP contribution in [0, 0.1) is 0 Å². The molecular weight excluding hydrogens is 188 g/mol. The summed E-state index contributed by atoms with van der Waals surface area (Å²) < 4.78 is 0. The van der Waals surface area contributed by atoms with Gasteiger partial charge in [0.1, 0.15) is 5.82 Å². The molecular formula is C8H10N2O4. The Morgan fingerprint density at radius 2 is 1.93 bits per heavy atom. The fourth-order valence-electron chi connectivity index (χ4n) is 0.617. The first-order chi connectivity index (χ1) is 6.52. The van der Waals surface area contributed by atoms with Gasteiger partial charge in [0.05, 0.1) is 0 Å². The maximum absolute atomic E-state index is 10.5. The molecule has 0 bridgehead atoms. The molecule has 1 rings (SSSR count). The third-order valence-corrected chi connectivity index (χ3v) is 0.969. The van der Waals surface area contributed by atoms with Crippen LogP contribution in [-0.4, -0.2) is 27.3 Å². The molecule has 6 nitrogen and oxygen atoms in total. The van der Waals surface area contributed by atoms with E-state index >= 15 is 0 Å². The number of aromatic nitrogens is 1. The van der Waals surface area contributed by atoms with Gasteiger partial charge in [-0.05, 0) is 12.1 Å². The van der Waals surface area contributed by atoms with E-state index in [1.165, 1.54) is 6.92 Å². The van der Waals surface area contributed by atoms with E-state index in [1.54, 1.807) is 18.3 Å². The summed E-state index contributed by atoms with van der Waals surface area (Å²) in [6.07, 6.45) is -0.203. The van der Waals surface area contributed by atoms with Crippen LogP contribution in [0.15, 0.2) is 24.4 Å². The average Bonchev–Trinajstić information content (AvgIpc) is 2.03. The number of nitrogens with zero attached hydrogens (tertiary/aromatic N) is 1. The lowest BCUT2D eigenvalue weighted by Crippen LogP contribution is -2.06. The normalized spacial score (nSPS) is 8.07. The predicted octanol–water partition coefficient (Wildman–Crippen LogP) is 1.26. The van der Waals surface area contributed by atoms with E-state index in [2.05, 4.69) is 10.3 Å². The molecule has 0 radical (unpaired) electrons. The highest BCUT2D eigenvalue weighted by Crippen LogP contribution is 1.97. The molecule has 0 aliphatic heterocycles. The molecule has 1 aromatic rings. The lowest BCUT2D eigenvalue weighted by atomic mass is 10.4. The molecule has 1 amide bonds. The third-order valence-electron chi connectivity index (χ3n) is 0.969. The lowest BCUT2D eigenvalue weighted by molar-refractivity contribution is -0.114. The summed E-state index contributed by atoms with van der Waals surface area (Å²) in [4.78, 5) is 22.9. The van der Waals surface area contributed by atoms with Crippen LogP contribution < -0.4 is 5.32 Å². The van der Waals surface area contributed by atoms with Gasteiger partial charge < -0.3 is 15.5 Å². The Morgan fingerprint density at radius 1 is 1.36 bits per heavy atom. The Kier molecular flexibility index (Phi) is 5.44. The molecule has 76 valence electrons. The molecule has 14 heavy (non-hydrogen) atoms. The van der Waals surface area contributed by atoms with Gasteiger partial charge in [0.15, 0.2) is 0 Å². The van der Waals surface area contributed by atoms with Crippen LogP contribution in [0.25, 0.3) is 0 Å². The zero-order chi connectivity index (χ0) is 11.0. The van der Waals surface area contributed by atoms with E-state index in [4.69, 9.17) is 15.0 Å². The summed E-state index contributed by atoms with van der Waals surface area (Å²) in [5.74, 6) is 0.494. The smallest absolute Gasteiger partial charge is 0.450 e. The number of hydrogen-bond donors (Lipinski definition) is 3. The zero-order valence-electron chi connectivity index (χ0n) is 7.47. The quantitative estimate of drug-likeness (QED) is 0.630. The highest BCUT2D eigenvalue weighted by molar-refractivity contribution is 5.87. The number of hydrogen-bond acceptors (Lipinski definition) is 3. The summed E-state index contributed by atoms with van der Waals surface area (Å²) in [6.45, 7) is 1.45. The molecule has 3 N–H and O–H groups in total. The number of carbonyl (C=O) groups is 2. The number of pyridine rings is 1. The molecule has 0 aliphatic carbocycles. The van der Waals surface area contributed by atoms with Gasteiger partial charge in [-0.2, -0.15) is 0 Å². The standard InChI is InChI=1S/C7H8N2O.CH2O3/c1-6(10)9-7-4-2-3-5-8-7;2-1(3)4/h2-5H,1H3,(H,8,9,10);(H2,2,3,4). The summed E-state index contributed by atoms with van der Waals surface area (Å²) in [6, 6.07) is 5.35. The molecule has 0 saturated heterocycles. The van der Waals surface area contributed by atoms with Gasteiger partial charge in [0, 0.05) is 13.1 Å². The summed E-state index contributed by atoms with van der Waals surface area (Å²) in [5, 5.41) is 16.5. The summed E-state index contributed by atoms with van der Waals surface area (Å²) in [7, 11) is 0. The molecule has 0 saturated carbocycles. The van der Waals surface area contributed by atoms with Gasteiger partial charge in [-0.3, -0.25) is 4.79 Å². The van der Waals surface area contributed by atoms with Crippen molar-refractivity contribution < 1.29 is 19.8 Å². The van der Waals surface area contributed by atoms with Gasteiger partial charge in [0.25, 0.3) is 0 Å². The highest BCUT2D eigenvalue weighted by atomic mass is 16.6. The average molecular weight is 198 g/mol. The van der Waals surface area contributed by atoms with Crippen molar-refractivity contribution in [1.82, 2.24) is 4.98 Å². The van der Waals surface area contributed by atoms with Gasteiger partial charge in [-0.25, -0.2) is 9.78 Å². The number of carbonyl (C=O) groups excluding carboxylic acids is 1. The lowest BCUT2D eigenvalue weighted by Gasteiger charge is -1.96. The Bertz CT molecular complexity index is 295. The molecule has 6 heteroatoms. The van der Waals surface area contributed by atoms with Crippen molar-refractivity contribution in [1.29, 1.82) is 0 Å². The van der Waals surface area contributed by atoms with Crippen LogP contribution in [0.5, 0.6) is 0 Å². The molecule has 0 aliphatic rings. The maximum atomic E-state index is 10.5. The monoisotopic (exact) mass is 198 g/mol. The van der Waals surface area contributed by atoms with E-state index in [1.807, 2.05) is 6.07 Å². The second kappa shape index (κ2) is 6.41. The second-order valence-corrected chi connectivity index (χ2v) is 2.18. The number of nitrogens with one attached hydrogen (secondary N) is 1. The fourth-order valence-corrected chi connectivity index (χ4v) is 0.617. The minimum atomic E-state index is -1.83. The van der Waals surface area contributed by atoms with Gasteiger partial charge in [-0.1, -0.05) is 6.07 Å². The van der Waals surface area contributed by atoms with Crippen molar-refractivity contribution in [3.05, 3.63) is 24.4 Å². The first kappa shape index (κ1) is 11.9. The van der Waals surface area contributed by atoms with E-state index < -0.39 is 6.16 Å². The van der Waals surface area contributed by atoms with Gasteiger partial charge in [-0.15, -0.1) is 0 Å². The predicted molar refractivity (Wildman–Crippen MR) is 49.2 cm³/mol. The van der Waals surface area contributed by atoms with E-state index in [0.29, 0.717) is 5.82 Å². The van der Waals surface area contributed by atoms with Crippen molar-refractivity contribution in [3.8, 4) is 0 Å². The van der Waals surface area contributed by atoms with Crippen LogP contribution >= 0.6 is 0 Å². The maximum Gasteiger partial charge on any atom is 0.503 e. The molecule has 1 heterocycles. The fraction of sp³-hybridized carbons (Fsp3) is 0.125. The van der Waals surface area contributed by atoms with Crippen molar-refractivity contribution in [3.63, 3.8) is 0 Å². The van der Waals surface area contributed by atoms with Crippen LogP contribution in [-0.2, 0) is 4.79 Å². The second-order valence-electron chi connectivity index (χ2n) is 2.18. The van der Waals surface area contributed by atoms with Crippen LogP contribution in [0.1, 0.15) is 6.92 Å². The topological polar surface area (TPSA) is 99.5 Å². The number of rotatable bonds is 1. The Balaban J connectivity index is 0.000000364. The molecule has 0 unspecified atom stereocenters. The van der Waals surface area contributed by atoms with Gasteiger partial charge in [0.2, 0.25) is 5.91 Å². The highest BCUT2D eigenvalue weighted by Gasteiger charge is 1.91. The van der Waals surface area contributed by atoms with Crippen molar-refractivity contribution >= 4 is 17.9 Å². The van der Waals surface area contributed by atoms with Gasteiger partial charge >= 0.3 is 6.16 Å². The minimum Gasteiger partial charge on any atom is -0.450 e. The van der Waals surface area contributed by atoms with Crippen LogP contribution in [0.4, 0.5) is 10.6 Å². The van der Waals surface area contributed by atoms with Crippen molar-refractivity contribution in [2.45, 2.75) is 6.92 Å². The molecule has 0 spiro atoms. The summed E-state index contributed by atoms with van der Waals surface area (Å²) >= 11 is 0. The third kappa shape index (κ3) is 7.99. The van der Waals surface area contributed by atoms with E-state index in [0.717, 1.165) is 0 Å². The largest absolute Gasteiger partial charge is 0.503 e. The van der Waals surface area contributed by atoms with Crippen molar-refractivity contribution in [2.75, 3.05) is 5.32 Å².